The van der Waals surface area contributed by atoms with Crippen LogP contribution in [0.5, 0.6) is 0 Å². The standard InChI is InChI=1S/C19H18FN5O3/c1-10(14-8-12(20)6-11-7-13(2-4-21)28-17(11)14)23-16-3-5-25-18(24-16)15(9-22-25)19(26)27/h3,5-10H,2,4,21H2,1H3,(H,23,24)(H,26,27). The van der Waals surface area contributed by atoms with Crippen molar-refractivity contribution in [2.24, 2.45) is 5.73 Å². The maximum Gasteiger partial charge on any atom is 0.341 e. The number of nitrogens with zero attached hydrogens (tertiary/aromatic N) is 3. The molecular formula is C19H18FN5O3. The van der Waals surface area contributed by atoms with Gasteiger partial charge in [-0.25, -0.2) is 18.7 Å². The van der Waals surface area contributed by atoms with Gasteiger partial charge in [0.15, 0.2) is 5.65 Å². The number of hydrogen-bond acceptors (Lipinski definition) is 6. The van der Waals surface area contributed by atoms with Crippen LogP contribution in [0.4, 0.5) is 10.2 Å². The van der Waals surface area contributed by atoms with Crippen LogP contribution < -0.4 is 11.1 Å². The van der Waals surface area contributed by atoms with Crippen molar-refractivity contribution in [1.82, 2.24) is 14.6 Å². The fourth-order valence-corrected chi connectivity index (χ4v) is 3.18. The summed E-state index contributed by atoms with van der Waals surface area (Å²) in [7, 11) is 0. The van der Waals surface area contributed by atoms with Crippen LogP contribution in [0, 0.1) is 5.82 Å². The lowest BCUT2D eigenvalue weighted by Crippen LogP contribution is -2.10. The summed E-state index contributed by atoms with van der Waals surface area (Å²) in [6.45, 7) is 2.28. The molecular weight excluding hydrogens is 365 g/mol. The Morgan fingerprint density at radius 1 is 1.43 bits per heavy atom. The smallest absolute Gasteiger partial charge is 0.341 e. The maximum atomic E-state index is 14.1. The summed E-state index contributed by atoms with van der Waals surface area (Å²) in [4.78, 5) is 15.6. The molecule has 0 aliphatic heterocycles. The lowest BCUT2D eigenvalue weighted by atomic mass is 10.1. The summed E-state index contributed by atoms with van der Waals surface area (Å²) in [5.74, 6) is -0.346. The number of rotatable bonds is 6. The van der Waals surface area contributed by atoms with Gasteiger partial charge < -0.3 is 20.6 Å². The van der Waals surface area contributed by atoms with Crippen molar-refractivity contribution in [3.8, 4) is 0 Å². The minimum absolute atomic E-state index is 0.00177. The van der Waals surface area contributed by atoms with Crippen LogP contribution in [0.2, 0.25) is 0 Å². The van der Waals surface area contributed by atoms with Gasteiger partial charge in [-0.2, -0.15) is 5.10 Å². The largest absolute Gasteiger partial charge is 0.477 e. The molecule has 3 heterocycles. The van der Waals surface area contributed by atoms with E-state index in [2.05, 4.69) is 15.4 Å². The van der Waals surface area contributed by atoms with E-state index >= 15 is 0 Å². The van der Waals surface area contributed by atoms with E-state index in [9.17, 15) is 14.3 Å². The first-order chi connectivity index (χ1) is 13.5. The van der Waals surface area contributed by atoms with Gasteiger partial charge in [-0.15, -0.1) is 0 Å². The second-order valence-electron chi connectivity index (χ2n) is 6.48. The van der Waals surface area contributed by atoms with Crippen LogP contribution in [0.1, 0.15) is 34.6 Å². The number of aromatic carboxylic acids is 1. The SMILES string of the molecule is CC(Nc1ccn2ncc(C(=O)O)c2n1)c1cc(F)cc2cc(CCN)oc12. The molecule has 0 spiro atoms. The van der Waals surface area contributed by atoms with Crippen LogP contribution in [0.3, 0.4) is 0 Å². The minimum atomic E-state index is -1.11. The van der Waals surface area contributed by atoms with Gasteiger partial charge in [0.05, 0.1) is 12.2 Å². The molecule has 9 heteroatoms. The molecule has 1 aromatic carbocycles. The van der Waals surface area contributed by atoms with Crippen LogP contribution >= 0.6 is 0 Å². The molecule has 1 unspecified atom stereocenters. The number of fused-ring (bicyclic) bond motifs is 2. The normalized spacial score (nSPS) is 12.5. The fourth-order valence-electron chi connectivity index (χ4n) is 3.18. The van der Waals surface area contributed by atoms with Gasteiger partial charge in [0, 0.05) is 23.6 Å². The number of hydrogen-bond donors (Lipinski definition) is 3. The number of halogens is 1. The van der Waals surface area contributed by atoms with E-state index in [-0.39, 0.29) is 23.1 Å². The first-order valence-corrected chi connectivity index (χ1v) is 8.72. The van der Waals surface area contributed by atoms with Crippen molar-refractivity contribution in [3.05, 3.63) is 59.4 Å². The predicted octanol–water partition coefficient (Wildman–Crippen LogP) is 2.99. The second kappa shape index (κ2) is 6.93. The summed E-state index contributed by atoms with van der Waals surface area (Å²) in [5, 5.41) is 17.0. The number of nitrogens with one attached hydrogen (secondary N) is 1. The number of nitrogens with two attached hydrogens (primary N) is 1. The van der Waals surface area contributed by atoms with E-state index in [0.29, 0.717) is 41.1 Å². The van der Waals surface area contributed by atoms with Crippen molar-refractivity contribution in [2.45, 2.75) is 19.4 Å². The lowest BCUT2D eigenvalue weighted by Gasteiger charge is -2.15. The monoisotopic (exact) mass is 383 g/mol. The third-order valence-electron chi connectivity index (χ3n) is 4.48. The molecule has 4 aromatic rings. The Kier molecular flexibility index (Phi) is 4.44. The minimum Gasteiger partial charge on any atom is -0.477 e. The summed E-state index contributed by atoms with van der Waals surface area (Å²) >= 11 is 0. The molecule has 3 aromatic heterocycles. The first kappa shape index (κ1) is 17.9. The van der Waals surface area contributed by atoms with Crippen molar-refractivity contribution in [3.63, 3.8) is 0 Å². The third kappa shape index (κ3) is 3.16. The van der Waals surface area contributed by atoms with Crippen LogP contribution in [-0.2, 0) is 6.42 Å². The highest BCUT2D eigenvalue weighted by Crippen LogP contribution is 2.30. The van der Waals surface area contributed by atoms with E-state index in [1.54, 1.807) is 18.3 Å². The topological polar surface area (TPSA) is 119 Å². The highest BCUT2D eigenvalue weighted by Gasteiger charge is 2.18. The number of aromatic nitrogens is 3. The van der Waals surface area contributed by atoms with E-state index in [1.165, 1.54) is 22.8 Å². The third-order valence-corrected chi connectivity index (χ3v) is 4.48. The number of benzene rings is 1. The van der Waals surface area contributed by atoms with E-state index in [4.69, 9.17) is 10.2 Å². The highest BCUT2D eigenvalue weighted by atomic mass is 19.1. The van der Waals surface area contributed by atoms with Gasteiger partial charge in [-0.3, -0.25) is 0 Å². The zero-order chi connectivity index (χ0) is 19.8. The molecule has 0 amide bonds. The Morgan fingerprint density at radius 2 is 2.25 bits per heavy atom. The number of carboxylic acid groups (broad SMARTS) is 1. The Labute approximate surface area is 158 Å². The van der Waals surface area contributed by atoms with Gasteiger partial charge >= 0.3 is 5.97 Å². The molecule has 4 N–H and O–H groups in total. The fraction of sp³-hybridized carbons (Fsp3) is 0.211. The van der Waals surface area contributed by atoms with Gasteiger partial charge in [-0.1, -0.05) is 0 Å². The molecule has 0 bridgehead atoms. The first-order valence-electron chi connectivity index (χ1n) is 8.72. The summed E-state index contributed by atoms with van der Waals surface area (Å²) < 4.78 is 21.4. The Balaban J connectivity index is 1.70. The molecule has 28 heavy (non-hydrogen) atoms. The molecule has 8 nitrogen and oxygen atoms in total. The summed E-state index contributed by atoms with van der Waals surface area (Å²) in [6, 6.07) is 5.94. The van der Waals surface area contributed by atoms with E-state index < -0.39 is 5.97 Å². The number of furan rings is 1. The molecule has 0 aliphatic carbocycles. The highest BCUT2D eigenvalue weighted by molar-refractivity contribution is 5.94. The van der Waals surface area contributed by atoms with Crippen molar-refractivity contribution in [1.29, 1.82) is 0 Å². The summed E-state index contributed by atoms with van der Waals surface area (Å²) in [5.41, 5.74) is 7.02. The zero-order valence-corrected chi connectivity index (χ0v) is 15.0. The molecule has 0 aliphatic rings. The second-order valence-corrected chi connectivity index (χ2v) is 6.48. The van der Waals surface area contributed by atoms with Crippen molar-refractivity contribution in [2.75, 3.05) is 11.9 Å². The Morgan fingerprint density at radius 3 is 3.00 bits per heavy atom. The summed E-state index contributed by atoms with van der Waals surface area (Å²) in [6.07, 6.45) is 3.42. The van der Waals surface area contributed by atoms with E-state index in [1.807, 2.05) is 6.92 Å². The molecule has 4 rings (SSSR count). The Bertz CT molecular complexity index is 1180. The Hall–Kier alpha value is -3.46. The molecule has 0 fully saturated rings. The molecule has 0 radical (unpaired) electrons. The number of carboxylic acids is 1. The average molecular weight is 383 g/mol. The molecule has 144 valence electrons. The van der Waals surface area contributed by atoms with E-state index in [0.717, 1.165) is 0 Å². The maximum absolute atomic E-state index is 14.1. The number of carbonyl (C=O) groups is 1. The molecule has 1 atom stereocenters. The van der Waals surface area contributed by atoms with Gasteiger partial charge in [0.1, 0.15) is 28.5 Å². The van der Waals surface area contributed by atoms with Crippen molar-refractivity contribution >= 4 is 28.4 Å². The van der Waals surface area contributed by atoms with Crippen LogP contribution in [-0.4, -0.2) is 32.2 Å². The lowest BCUT2D eigenvalue weighted by molar-refractivity contribution is 0.0698. The number of anilines is 1. The van der Waals surface area contributed by atoms with Gasteiger partial charge in [0.2, 0.25) is 0 Å². The van der Waals surface area contributed by atoms with Crippen LogP contribution in [0.15, 0.2) is 41.1 Å². The van der Waals surface area contributed by atoms with Crippen LogP contribution in [0.25, 0.3) is 16.6 Å². The molecule has 0 saturated carbocycles. The van der Waals surface area contributed by atoms with Gasteiger partial charge in [0.25, 0.3) is 0 Å². The van der Waals surface area contributed by atoms with Gasteiger partial charge in [-0.05, 0) is 37.7 Å². The predicted molar refractivity (Wildman–Crippen MR) is 101 cm³/mol. The zero-order valence-electron chi connectivity index (χ0n) is 15.0. The molecule has 0 saturated heterocycles. The quantitative estimate of drug-likeness (QED) is 0.468. The van der Waals surface area contributed by atoms with Crippen molar-refractivity contribution < 1.29 is 18.7 Å². The average Bonchev–Trinajstić information content (AvgIpc) is 3.24.